The highest BCUT2D eigenvalue weighted by Gasteiger charge is 2.41. The fourth-order valence-electron chi connectivity index (χ4n) is 4.22. The summed E-state index contributed by atoms with van der Waals surface area (Å²) in [7, 11) is 1.64. The van der Waals surface area contributed by atoms with Gasteiger partial charge in [0.2, 0.25) is 5.91 Å². The van der Waals surface area contributed by atoms with Gasteiger partial charge >= 0.3 is 12.2 Å². The lowest BCUT2D eigenvalue weighted by molar-refractivity contribution is -0.179. The van der Waals surface area contributed by atoms with E-state index < -0.39 is 18.1 Å². The van der Waals surface area contributed by atoms with Gasteiger partial charge in [-0.1, -0.05) is 12.1 Å². The van der Waals surface area contributed by atoms with Gasteiger partial charge in [0, 0.05) is 43.7 Å². The summed E-state index contributed by atoms with van der Waals surface area (Å²) in [6.45, 7) is 1.50. The Morgan fingerprint density at radius 2 is 1.62 bits per heavy atom. The Labute approximate surface area is 196 Å². The summed E-state index contributed by atoms with van der Waals surface area (Å²) in [6, 6.07) is 14.5. The van der Waals surface area contributed by atoms with Crippen LogP contribution < -0.4 is 20.9 Å². The molecule has 0 spiro atoms. The Morgan fingerprint density at radius 1 is 1.03 bits per heavy atom. The van der Waals surface area contributed by atoms with E-state index in [-0.39, 0.29) is 24.8 Å². The third kappa shape index (κ3) is 5.73. The van der Waals surface area contributed by atoms with E-state index >= 15 is 0 Å². The minimum Gasteiger partial charge on any atom is -0.372 e. The van der Waals surface area contributed by atoms with E-state index in [1.807, 2.05) is 53.4 Å². The Bertz CT molecular complexity index is 1000. The number of anilines is 3. The predicted molar refractivity (Wildman–Crippen MR) is 124 cm³/mol. The number of halogens is 3. The fourth-order valence-corrected chi connectivity index (χ4v) is 4.22. The number of hydrogen-bond donors (Lipinski definition) is 3. The number of amides is 3. The van der Waals surface area contributed by atoms with Crippen LogP contribution in [0.4, 0.5) is 35.0 Å². The Kier molecular flexibility index (Phi) is 6.85. The highest BCUT2D eigenvalue weighted by Crippen LogP contribution is 2.35. The number of piperidine rings is 1. The van der Waals surface area contributed by atoms with Crippen LogP contribution in [-0.2, 0) is 11.3 Å². The van der Waals surface area contributed by atoms with Gasteiger partial charge < -0.3 is 25.8 Å². The normalized spacial score (nSPS) is 19.2. The molecule has 4 rings (SSSR count). The molecule has 1 unspecified atom stereocenters. The highest BCUT2D eigenvalue weighted by atomic mass is 19.4. The van der Waals surface area contributed by atoms with Gasteiger partial charge in [-0.2, -0.15) is 13.2 Å². The number of benzene rings is 2. The van der Waals surface area contributed by atoms with Gasteiger partial charge in [-0.15, -0.1) is 0 Å². The summed E-state index contributed by atoms with van der Waals surface area (Å²) in [5.41, 5.74) is 3.59. The third-order valence-electron chi connectivity index (χ3n) is 6.32. The van der Waals surface area contributed by atoms with Gasteiger partial charge in [0.25, 0.3) is 0 Å². The molecule has 0 bridgehead atoms. The third-order valence-corrected chi connectivity index (χ3v) is 6.32. The van der Waals surface area contributed by atoms with Crippen molar-refractivity contribution in [3.63, 3.8) is 0 Å². The van der Waals surface area contributed by atoms with Crippen LogP contribution in [0.2, 0.25) is 0 Å². The lowest BCUT2D eigenvalue weighted by Gasteiger charge is -2.34. The highest BCUT2D eigenvalue weighted by molar-refractivity contribution is 5.90. The second-order valence-corrected chi connectivity index (χ2v) is 8.77. The minimum atomic E-state index is -4.11. The first-order valence-corrected chi connectivity index (χ1v) is 11.3. The molecule has 10 heteroatoms. The zero-order valence-electron chi connectivity index (χ0n) is 18.9. The number of hydrogen-bond acceptors (Lipinski definition) is 4. The van der Waals surface area contributed by atoms with Crippen LogP contribution in [0.3, 0.4) is 0 Å². The van der Waals surface area contributed by atoms with Crippen molar-refractivity contribution < 1.29 is 22.8 Å². The maximum Gasteiger partial charge on any atom is 0.391 e. The van der Waals surface area contributed by atoms with Crippen molar-refractivity contribution in [2.24, 2.45) is 5.92 Å². The molecule has 7 nitrogen and oxygen atoms in total. The van der Waals surface area contributed by atoms with E-state index in [0.29, 0.717) is 26.2 Å². The molecule has 2 heterocycles. The molecule has 0 radical (unpaired) electrons. The lowest BCUT2D eigenvalue weighted by Crippen LogP contribution is -2.42. The van der Waals surface area contributed by atoms with Crippen LogP contribution in [0.15, 0.2) is 48.5 Å². The number of urea groups is 1. The first kappa shape index (κ1) is 23.7. The molecule has 34 heavy (non-hydrogen) atoms. The average molecular weight is 476 g/mol. The number of carbonyl (C=O) groups is 2. The molecule has 2 aromatic rings. The summed E-state index contributed by atoms with van der Waals surface area (Å²) in [4.78, 5) is 27.1. The van der Waals surface area contributed by atoms with Crippen molar-refractivity contribution in [2.75, 3.05) is 36.9 Å². The molecule has 3 amide bonds. The number of nitrogens with zero attached hydrogens (tertiary/aromatic N) is 2. The standard InChI is InChI=1S/C24H28F3N5O2/c1-31-15-21(30-23(31)34)22(33)28-14-16-2-4-18(5-3-16)29-19-6-8-20(9-7-19)32-12-10-17(11-13-32)24(25,26)27/h2-9,17,21,29H,10-15H2,1H3,(H,28,33)(H,30,34). The maximum atomic E-state index is 12.9. The summed E-state index contributed by atoms with van der Waals surface area (Å²) < 4.78 is 38.6. The molecule has 182 valence electrons. The van der Waals surface area contributed by atoms with Gasteiger partial charge in [0.1, 0.15) is 6.04 Å². The van der Waals surface area contributed by atoms with E-state index in [2.05, 4.69) is 16.0 Å². The first-order valence-electron chi connectivity index (χ1n) is 11.3. The summed E-state index contributed by atoms with van der Waals surface area (Å²) in [6.07, 6.45) is -3.85. The zero-order chi connectivity index (χ0) is 24.3. The van der Waals surface area contributed by atoms with E-state index in [0.717, 1.165) is 22.6 Å². The van der Waals surface area contributed by atoms with E-state index in [9.17, 15) is 22.8 Å². The Balaban J connectivity index is 1.25. The molecule has 1 atom stereocenters. The van der Waals surface area contributed by atoms with Crippen LogP contribution in [-0.4, -0.2) is 55.7 Å². The SMILES string of the molecule is CN1CC(C(=O)NCc2ccc(Nc3ccc(N4CCC(C(F)(F)F)CC4)cc3)cc2)NC1=O. The van der Waals surface area contributed by atoms with Crippen molar-refractivity contribution in [3.05, 3.63) is 54.1 Å². The number of rotatable bonds is 6. The van der Waals surface area contributed by atoms with E-state index in [4.69, 9.17) is 0 Å². The average Bonchev–Trinajstić information content (AvgIpc) is 3.17. The second kappa shape index (κ2) is 9.82. The molecule has 2 fully saturated rings. The summed E-state index contributed by atoms with van der Waals surface area (Å²) >= 11 is 0. The van der Waals surface area contributed by atoms with Crippen LogP contribution in [0.25, 0.3) is 0 Å². The van der Waals surface area contributed by atoms with Crippen molar-refractivity contribution in [1.82, 2.24) is 15.5 Å². The smallest absolute Gasteiger partial charge is 0.372 e. The Hall–Kier alpha value is -3.43. The van der Waals surface area contributed by atoms with Crippen molar-refractivity contribution in [1.29, 1.82) is 0 Å². The quantitative estimate of drug-likeness (QED) is 0.593. The molecule has 0 aliphatic carbocycles. The topological polar surface area (TPSA) is 76.7 Å². The fraction of sp³-hybridized carbons (Fsp3) is 0.417. The van der Waals surface area contributed by atoms with Crippen LogP contribution in [0.1, 0.15) is 18.4 Å². The molecular formula is C24H28F3N5O2. The van der Waals surface area contributed by atoms with Gasteiger partial charge in [-0.3, -0.25) is 4.79 Å². The van der Waals surface area contributed by atoms with Crippen molar-refractivity contribution >= 4 is 29.0 Å². The van der Waals surface area contributed by atoms with E-state index in [1.165, 1.54) is 4.90 Å². The maximum absolute atomic E-state index is 12.9. The van der Waals surface area contributed by atoms with Crippen LogP contribution in [0.5, 0.6) is 0 Å². The molecule has 0 aromatic heterocycles. The molecule has 2 aliphatic rings. The number of nitrogens with one attached hydrogen (secondary N) is 3. The van der Waals surface area contributed by atoms with Crippen molar-refractivity contribution in [2.45, 2.75) is 31.6 Å². The number of likely N-dealkylation sites (N-methyl/N-ethyl adjacent to an activating group) is 1. The second-order valence-electron chi connectivity index (χ2n) is 8.77. The van der Waals surface area contributed by atoms with Gasteiger partial charge in [0.15, 0.2) is 0 Å². The minimum absolute atomic E-state index is 0.128. The van der Waals surface area contributed by atoms with Crippen LogP contribution >= 0.6 is 0 Å². The molecule has 2 aromatic carbocycles. The van der Waals surface area contributed by atoms with Gasteiger partial charge in [0.05, 0.1) is 12.5 Å². The van der Waals surface area contributed by atoms with E-state index in [1.54, 1.807) is 7.05 Å². The zero-order valence-corrected chi connectivity index (χ0v) is 18.9. The largest absolute Gasteiger partial charge is 0.391 e. The molecule has 0 saturated carbocycles. The van der Waals surface area contributed by atoms with Gasteiger partial charge in [-0.05, 0) is 54.8 Å². The first-order chi connectivity index (χ1) is 16.2. The molecular weight excluding hydrogens is 447 g/mol. The molecule has 2 aliphatic heterocycles. The summed E-state index contributed by atoms with van der Waals surface area (Å²) in [5.74, 6) is -1.42. The molecule has 2 saturated heterocycles. The number of alkyl halides is 3. The lowest BCUT2D eigenvalue weighted by atomic mass is 9.96. The van der Waals surface area contributed by atoms with Gasteiger partial charge in [-0.25, -0.2) is 4.79 Å². The van der Waals surface area contributed by atoms with Crippen LogP contribution in [0, 0.1) is 5.92 Å². The molecule has 3 N–H and O–H groups in total. The monoisotopic (exact) mass is 475 g/mol. The predicted octanol–water partition coefficient (Wildman–Crippen LogP) is 3.85. The van der Waals surface area contributed by atoms with Crippen molar-refractivity contribution in [3.8, 4) is 0 Å². The summed E-state index contributed by atoms with van der Waals surface area (Å²) in [5, 5.41) is 8.76. The Morgan fingerprint density at radius 3 is 2.15 bits per heavy atom. The number of carbonyl (C=O) groups excluding carboxylic acids is 2.